The topological polar surface area (TPSA) is 36.4 Å². The Bertz CT molecular complexity index is 360. The van der Waals surface area contributed by atoms with Crippen molar-refractivity contribution >= 4 is 29.9 Å². The number of benzene rings is 1. The molecule has 1 aromatic carbocycles. The minimum atomic E-state index is 0. The van der Waals surface area contributed by atoms with E-state index in [1.54, 1.807) is 7.05 Å². The number of halogens is 1. The van der Waals surface area contributed by atoms with Gasteiger partial charge in [-0.05, 0) is 30.4 Å². The van der Waals surface area contributed by atoms with Crippen LogP contribution in [0, 0.1) is 0 Å². The van der Waals surface area contributed by atoms with Gasteiger partial charge in [-0.15, -0.1) is 24.0 Å². The summed E-state index contributed by atoms with van der Waals surface area (Å²) in [6, 6.07) is 8.84. The molecule has 0 radical (unpaired) electrons. The van der Waals surface area contributed by atoms with Crippen molar-refractivity contribution in [3.63, 3.8) is 0 Å². The monoisotopic (exact) mass is 375 g/mol. The van der Waals surface area contributed by atoms with E-state index >= 15 is 0 Å². The van der Waals surface area contributed by atoms with E-state index in [0.717, 1.165) is 38.3 Å². The molecule has 0 amide bonds. The van der Waals surface area contributed by atoms with Crippen molar-refractivity contribution in [2.24, 2.45) is 4.99 Å². The molecule has 0 fully saturated rings. The van der Waals surface area contributed by atoms with Crippen molar-refractivity contribution in [1.29, 1.82) is 0 Å². The number of hydrogen-bond donors (Lipinski definition) is 2. The Morgan fingerprint density at radius 2 is 1.58 bits per heavy atom. The van der Waals surface area contributed by atoms with Crippen molar-refractivity contribution in [2.75, 3.05) is 20.1 Å². The van der Waals surface area contributed by atoms with Crippen LogP contribution in [-0.4, -0.2) is 26.1 Å². The van der Waals surface area contributed by atoms with Gasteiger partial charge in [0.1, 0.15) is 0 Å². The van der Waals surface area contributed by atoms with E-state index < -0.39 is 0 Å². The Labute approximate surface area is 134 Å². The van der Waals surface area contributed by atoms with Gasteiger partial charge in [0.25, 0.3) is 0 Å². The van der Waals surface area contributed by atoms with E-state index in [-0.39, 0.29) is 24.0 Å². The highest BCUT2D eigenvalue weighted by Crippen LogP contribution is 2.05. The molecule has 0 saturated carbocycles. The molecular weight excluding hydrogens is 349 g/mol. The Morgan fingerprint density at radius 1 is 1.00 bits per heavy atom. The summed E-state index contributed by atoms with van der Waals surface area (Å²) >= 11 is 0. The first kappa shape index (κ1) is 18.2. The van der Waals surface area contributed by atoms with Gasteiger partial charge in [-0.2, -0.15) is 0 Å². The number of guanidine groups is 1. The van der Waals surface area contributed by atoms with Gasteiger partial charge in [0, 0.05) is 20.1 Å². The molecule has 19 heavy (non-hydrogen) atoms. The number of aliphatic imine (C=N–C) groups is 1. The molecule has 2 N–H and O–H groups in total. The third-order valence-electron chi connectivity index (χ3n) is 2.90. The second kappa shape index (κ2) is 11.1. The van der Waals surface area contributed by atoms with E-state index in [9.17, 15) is 0 Å². The van der Waals surface area contributed by atoms with Gasteiger partial charge in [-0.3, -0.25) is 4.99 Å². The van der Waals surface area contributed by atoms with Gasteiger partial charge >= 0.3 is 0 Å². The van der Waals surface area contributed by atoms with Crippen molar-refractivity contribution in [2.45, 2.75) is 33.1 Å². The molecule has 0 aromatic heterocycles. The van der Waals surface area contributed by atoms with Crippen molar-refractivity contribution in [3.8, 4) is 0 Å². The number of hydrogen-bond acceptors (Lipinski definition) is 1. The predicted octanol–water partition coefficient (Wildman–Crippen LogP) is 2.98. The van der Waals surface area contributed by atoms with Crippen LogP contribution in [0.25, 0.3) is 0 Å². The molecule has 0 unspecified atom stereocenters. The van der Waals surface area contributed by atoms with Crippen LogP contribution in [0.2, 0.25) is 0 Å². The molecule has 1 rings (SSSR count). The maximum absolute atomic E-state index is 4.18. The Morgan fingerprint density at radius 3 is 2.11 bits per heavy atom. The van der Waals surface area contributed by atoms with Crippen LogP contribution in [0.3, 0.4) is 0 Å². The lowest BCUT2D eigenvalue weighted by Gasteiger charge is -2.11. The highest BCUT2D eigenvalue weighted by atomic mass is 127. The van der Waals surface area contributed by atoms with Gasteiger partial charge in [-0.25, -0.2) is 0 Å². The minimum Gasteiger partial charge on any atom is -0.356 e. The summed E-state index contributed by atoms with van der Waals surface area (Å²) in [5.74, 6) is 0.891. The first-order chi connectivity index (χ1) is 8.80. The van der Waals surface area contributed by atoms with Crippen LogP contribution < -0.4 is 10.6 Å². The molecule has 4 heteroatoms. The third-order valence-corrected chi connectivity index (χ3v) is 2.90. The quantitative estimate of drug-likeness (QED) is 0.456. The molecule has 0 bridgehead atoms. The van der Waals surface area contributed by atoms with Crippen LogP contribution in [-0.2, 0) is 12.8 Å². The summed E-state index contributed by atoms with van der Waals surface area (Å²) in [5, 5.41) is 6.58. The smallest absolute Gasteiger partial charge is 0.190 e. The molecule has 0 aliphatic carbocycles. The molecule has 0 aliphatic rings. The summed E-state index contributed by atoms with van der Waals surface area (Å²) in [6.45, 7) is 6.20. The summed E-state index contributed by atoms with van der Waals surface area (Å²) < 4.78 is 0. The zero-order valence-corrected chi connectivity index (χ0v) is 14.5. The zero-order chi connectivity index (χ0) is 13.2. The van der Waals surface area contributed by atoms with Crippen molar-refractivity contribution in [1.82, 2.24) is 10.6 Å². The van der Waals surface area contributed by atoms with E-state index in [4.69, 9.17) is 0 Å². The maximum atomic E-state index is 4.18. The van der Waals surface area contributed by atoms with Gasteiger partial charge < -0.3 is 10.6 Å². The van der Waals surface area contributed by atoms with Gasteiger partial charge in [0.2, 0.25) is 0 Å². The number of rotatable bonds is 6. The molecular formula is C15H26IN3. The number of nitrogens with zero attached hydrogens (tertiary/aromatic N) is 1. The average molecular weight is 375 g/mol. The lowest BCUT2D eigenvalue weighted by Crippen LogP contribution is -2.38. The molecule has 0 spiro atoms. The lowest BCUT2D eigenvalue weighted by atomic mass is 10.1. The van der Waals surface area contributed by atoms with Crippen LogP contribution in [0.5, 0.6) is 0 Å². The second-order valence-corrected chi connectivity index (χ2v) is 4.35. The third kappa shape index (κ3) is 7.40. The van der Waals surface area contributed by atoms with E-state index in [2.05, 4.69) is 53.7 Å². The predicted molar refractivity (Wildman–Crippen MR) is 94.6 cm³/mol. The Balaban J connectivity index is 0.00000324. The molecule has 1 aromatic rings. The van der Waals surface area contributed by atoms with Gasteiger partial charge in [0.05, 0.1) is 0 Å². The molecule has 3 nitrogen and oxygen atoms in total. The Hall–Kier alpha value is -0.780. The first-order valence-electron chi connectivity index (χ1n) is 6.82. The highest BCUT2D eigenvalue weighted by molar-refractivity contribution is 14.0. The molecule has 0 heterocycles. The molecule has 108 valence electrons. The number of aryl methyl sites for hydroxylation is 1. The average Bonchev–Trinajstić information content (AvgIpc) is 2.43. The SMILES string of the molecule is CCCNC(=NC)NCCc1ccc(CC)cc1.I. The summed E-state index contributed by atoms with van der Waals surface area (Å²) in [7, 11) is 1.81. The van der Waals surface area contributed by atoms with Crippen LogP contribution in [0.1, 0.15) is 31.4 Å². The standard InChI is InChI=1S/C15H25N3.HI/c1-4-11-17-15(16-3)18-12-10-14-8-6-13(5-2)7-9-14;/h6-9H,4-5,10-12H2,1-3H3,(H2,16,17,18);1H. The number of nitrogens with one attached hydrogen (secondary N) is 2. The van der Waals surface area contributed by atoms with Crippen molar-refractivity contribution < 1.29 is 0 Å². The van der Waals surface area contributed by atoms with Crippen LogP contribution in [0.4, 0.5) is 0 Å². The minimum absolute atomic E-state index is 0. The molecule has 0 aliphatic heterocycles. The van der Waals surface area contributed by atoms with Crippen LogP contribution >= 0.6 is 24.0 Å². The first-order valence-corrected chi connectivity index (χ1v) is 6.82. The van der Waals surface area contributed by atoms with Crippen molar-refractivity contribution in [3.05, 3.63) is 35.4 Å². The van der Waals surface area contributed by atoms with Gasteiger partial charge in [0.15, 0.2) is 5.96 Å². The summed E-state index contributed by atoms with van der Waals surface area (Å²) in [6.07, 6.45) is 3.24. The molecule has 0 atom stereocenters. The highest BCUT2D eigenvalue weighted by Gasteiger charge is 1.97. The summed E-state index contributed by atoms with van der Waals surface area (Å²) in [5.41, 5.74) is 2.76. The van der Waals surface area contributed by atoms with E-state index in [0.29, 0.717) is 0 Å². The fraction of sp³-hybridized carbons (Fsp3) is 0.533. The summed E-state index contributed by atoms with van der Waals surface area (Å²) in [4.78, 5) is 4.18. The van der Waals surface area contributed by atoms with Crippen LogP contribution in [0.15, 0.2) is 29.3 Å². The largest absolute Gasteiger partial charge is 0.356 e. The molecule has 0 saturated heterocycles. The fourth-order valence-corrected chi connectivity index (χ4v) is 1.73. The normalized spacial score (nSPS) is 10.8. The fourth-order valence-electron chi connectivity index (χ4n) is 1.73. The van der Waals surface area contributed by atoms with E-state index in [1.807, 2.05) is 0 Å². The second-order valence-electron chi connectivity index (χ2n) is 4.35. The lowest BCUT2D eigenvalue weighted by molar-refractivity contribution is 0.773. The van der Waals surface area contributed by atoms with E-state index in [1.165, 1.54) is 11.1 Å². The Kier molecular flexibility index (Phi) is 10.6. The zero-order valence-electron chi connectivity index (χ0n) is 12.2. The maximum Gasteiger partial charge on any atom is 0.190 e. The van der Waals surface area contributed by atoms with Gasteiger partial charge in [-0.1, -0.05) is 38.1 Å².